The highest BCUT2D eigenvalue weighted by molar-refractivity contribution is 5.72. The van der Waals surface area contributed by atoms with Crippen molar-refractivity contribution < 1.29 is 19.0 Å². The molecule has 1 amide bonds. The summed E-state index contributed by atoms with van der Waals surface area (Å²) in [6.45, 7) is 8.98. The molecule has 1 N–H and O–H groups in total. The summed E-state index contributed by atoms with van der Waals surface area (Å²) in [4.78, 5) is 15.4. The zero-order chi connectivity index (χ0) is 17.6. The number of likely N-dealkylation sites (tertiary alicyclic amines) is 1. The highest BCUT2D eigenvalue weighted by Crippen LogP contribution is 2.13. The van der Waals surface area contributed by atoms with Gasteiger partial charge in [-0.2, -0.15) is 0 Å². The normalized spacial score (nSPS) is 16.7. The summed E-state index contributed by atoms with van der Waals surface area (Å²) in [7, 11) is 4.33. The Kier molecular flexibility index (Phi) is 12.0. The molecule has 0 atom stereocenters. The average molecular weight is 345 g/mol. The SMILES string of the molecule is CC(=O)NCCOCCOCCOCCN1CCC(N(C)C)CC1. The van der Waals surface area contributed by atoms with Gasteiger partial charge in [0.2, 0.25) is 5.91 Å². The summed E-state index contributed by atoms with van der Waals surface area (Å²) >= 11 is 0. The summed E-state index contributed by atoms with van der Waals surface area (Å²) < 4.78 is 16.4. The Balaban J connectivity index is 1.79. The van der Waals surface area contributed by atoms with Gasteiger partial charge in [0.25, 0.3) is 0 Å². The van der Waals surface area contributed by atoms with Gasteiger partial charge < -0.3 is 29.3 Å². The Bertz CT molecular complexity index is 321. The van der Waals surface area contributed by atoms with Crippen molar-refractivity contribution in [3.63, 3.8) is 0 Å². The molecule has 142 valence electrons. The predicted molar refractivity (Wildman–Crippen MR) is 94.3 cm³/mol. The lowest BCUT2D eigenvalue weighted by Crippen LogP contribution is -2.43. The van der Waals surface area contributed by atoms with E-state index in [4.69, 9.17) is 14.2 Å². The van der Waals surface area contributed by atoms with Crippen molar-refractivity contribution >= 4 is 5.91 Å². The van der Waals surface area contributed by atoms with Crippen LogP contribution in [0.15, 0.2) is 0 Å². The summed E-state index contributed by atoms with van der Waals surface area (Å²) in [6.07, 6.45) is 2.50. The molecule has 0 saturated carbocycles. The van der Waals surface area contributed by atoms with Gasteiger partial charge in [0.1, 0.15) is 0 Å². The first-order chi connectivity index (χ1) is 11.6. The van der Waals surface area contributed by atoms with Crippen molar-refractivity contribution in [1.82, 2.24) is 15.1 Å². The van der Waals surface area contributed by atoms with Crippen LogP contribution in [0.25, 0.3) is 0 Å². The minimum absolute atomic E-state index is 0.0333. The number of amides is 1. The maximum atomic E-state index is 10.6. The second kappa shape index (κ2) is 13.5. The van der Waals surface area contributed by atoms with Crippen LogP contribution in [-0.4, -0.2) is 102 Å². The zero-order valence-electron chi connectivity index (χ0n) is 15.6. The first-order valence-corrected chi connectivity index (χ1v) is 8.96. The van der Waals surface area contributed by atoms with Gasteiger partial charge in [-0.3, -0.25) is 4.79 Å². The van der Waals surface area contributed by atoms with E-state index in [0.717, 1.165) is 19.2 Å². The van der Waals surface area contributed by atoms with Crippen LogP contribution in [0.3, 0.4) is 0 Å². The van der Waals surface area contributed by atoms with Gasteiger partial charge >= 0.3 is 0 Å². The van der Waals surface area contributed by atoms with Crippen LogP contribution in [0, 0.1) is 0 Å². The Morgan fingerprint density at radius 2 is 1.54 bits per heavy atom. The highest BCUT2D eigenvalue weighted by Gasteiger charge is 2.19. The van der Waals surface area contributed by atoms with Crippen molar-refractivity contribution in [3.05, 3.63) is 0 Å². The van der Waals surface area contributed by atoms with Crippen molar-refractivity contribution in [2.24, 2.45) is 0 Å². The molecule has 24 heavy (non-hydrogen) atoms. The number of piperidine rings is 1. The van der Waals surface area contributed by atoms with Crippen molar-refractivity contribution in [3.8, 4) is 0 Å². The highest BCUT2D eigenvalue weighted by atomic mass is 16.5. The second-order valence-corrected chi connectivity index (χ2v) is 6.36. The lowest BCUT2D eigenvalue weighted by Gasteiger charge is -2.35. The molecule has 0 aliphatic carbocycles. The van der Waals surface area contributed by atoms with Crippen molar-refractivity contribution in [1.29, 1.82) is 0 Å². The van der Waals surface area contributed by atoms with Gasteiger partial charge in [-0.05, 0) is 40.0 Å². The number of hydrogen-bond acceptors (Lipinski definition) is 6. The molecule has 7 nitrogen and oxygen atoms in total. The van der Waals surface area contributed by atoms with Crippen LogP contribution < -0.4 is 5.32 Å². The Labute approximate surface area is 146 Å². The van der Waals surface area contributed by atoms with E-state index in [9.17, 15) is 4.79 Å². The minimum atomic E-state index is -0.0333. The summed E-state index contributed by atoms with van der Waals surface area (Å²) in [6, 6.07) is 0.732. The number of hydrogen-bond donors (Lipinski definition) is 1. The molecule has 1 aliphatic rings. The lowest BCUT2D eigenvalue weighted by atomic mass is 10.0. The maximum Gasteiger partial charge on any atom is 0.216 e. The van der Waals surface area contributed by atoms with Gasteiger partial charge in [-0.25, -0.2) is 0 Å². The largest absolute Gasteiger partial charge is 0.378 e. The Morgan fingerprint density at radius 3 is 2.08 bits per heavy atom. The van der Waals surface area contributed by atoms with Gasteiger partial charge in [0.05, 0.1) is 39.6 Å². The van der Waals surface area contributed by atoms with E-state index in [0.29, 0.717) is 39.6 Å². The number of rotatable bonds is 13. The molecule has 0 bridgehead atoms. The Morgan fingerprint density at radius 1 is 1.00 bits per heavy atom. The first kappa shape index (κ1) is 21.3. The summed E-state index contributed by atoms with van der Waals surface area (Å²) in [5.41, 5.74) is 0. The third-order valence-corrected chi connectivity index (χ3v) is 4.20. The van der Waals surface area contributed by atoms with E-state index in [1.807, 2.05) is 0 Å². The van der Waals surface area contributed by atoms with Crippen molar-refractivity contribution in [2.75, 3.05) is 79.9 Å². The Hall–Kier alpha value is -0.730. The quantitative estimate of drug-likeness (QED) is 0.481. The second-order valence-electron chi connectivity index (χ2n) is 6.36. The van der Waals surface area contributed by atoms with Crippen LogP contribution in [0.4, 0.5) is 0 Å². The van der Waals surface area contributed by atoms with E-state index in [1.165, 1.54) is 32.9 Å². The van der Waals surface area contributed by atoms with Crippen LogP contribution in [0.2, 0.25) is 0 Å². The standard InChI is InChI=1S/C17H35N3O4/c1-16(21)18-6-10-22-12-14-24-15-13-23-11-9-20-7-4-17(5-8-20)19(2)3/h17H,4-15H2,1-3H3,(H,18,21). The zero-order valence-corrected chi connectivity index (χ0v) is 15.6. The molecular formula is C17H35N3O4. The molecule has 0 aromatic heterocycles. The fraction of sp³-hybridized carbons (Fsp3) is 0.941. The topological polar surface area (TPSA) is 63.3 Å². The molecule has 7 heteroatoms. The van der Waals surface area contributed by atoms with Crippen LogP contribution in [0.5, 0.6) is 0 Å². The summed E-state index contributed by atoms with van der Waals surface area (Å²) in [5, 5.41) is 2.67. The maximum absolute atomic E-state index is 10.6. The number of ether oxygens (including phenoxy) is 3. The smallest absolute Gasteiger partial charge is 0.216 e. The molecule has 0 radical (unpaired) electrons. The van der Waals surface area contributed by atoms with E-state index < -0.39 is 0 Å². The molecular weight excluding hydrogens is 310 g/mol. The molecule has 0 aromatic rings. The molecule has 0 spiro atoms. The van der Waals surface area contributed by atoms with E-state index in [-0.39, 0.29) is 5.91 Å². The van der Waals surface area contributed by atoms with Gasteiger partial charge in [-0.1, -0.05) is 0 Å². The average Bonchev–Trinajstić information content (AvgIpc) is 2.56. The number of carbonyl (C=O) groups is 1. The number of nitrogens with zero attached hydrogens (tertiary/aromatic N) is 2. The third-order valence-electron chi connectivity index (χ3n) is 4.20. The molecule has 1 saturated heterocycles. The summed E-state index contributed by atoms with van der Waals surface area (Å²) in [5.74, 6) is -0.0333. The molecule has 1 aliphatic heterocycles. The lowest BCUT2D eigenvalue weighted by molar-refractivity contribution is -0.119. The van der Waals surface area contributed by atoms with Gasteiger partial charge in [0, 0.05) is 26.1 Å². The van der Waals surface area contributed by atoms with Crippen molar-refractivity contribution in [2.45, 2.75) is 25.8 Å². The molecule has 0 unspecified atom stereocenters. The fourth-order valence-corrected chi connectivity index (χ4v) is 2.69. The van der Waals surface area contributed by atoms with Crippen LogP contribution in [-0.2, 0) is 19.0 Å². The number of nitrogens with one attached hydrogen (secondary N) is 1. The molecule has 1 rings (SSSR count). The molecule has 0 aromatic carbocycles. The molecule has 1 fully saturated rings. The predicted octanol–water partition coefficient (Wildman–Crippen LogP) is 0.198. The van der Waals surface area contributed by atoms with Gasteiger partial charge in [0.15, 0.2) is 0 Å². The molecule has 1 heterocycles. The van der Waals surface area contributed by atoms with Gasteiger partial charge in [-0.15, -0.1) is 0 Å². The van der Waals surface area contributed by atoms with Crippen LogP contribution in [0.1, 0.15) is 19.8 Å². The minimum Gasteiger partial charge on any atom is -0.378 e. The fourth-order valence-electron chi connectivity index (χ4n) is 2.69. The third kappa shape index (κ3) is 10.9. The van der Waals surface area contributed by atoms with E-state index >= 15 is 0 Å². The first-order valence-electron chi connectivity index (χ1n) is 8.96. The number of carbonyl (C=O) groups excluding carboxylic acids is 1. The van der Waals surface area contributed by atoms with Crippen LogP contribution >= 0.6 is 0 Å². The van der Waals surface area contributed by atoms with E-state index in [1.54, 1.807) is 0 Å². The van der Waals surface area contributed by atoms with E-state index in [2.05, 4.69) is 29.2 Å². The monoisotopic (exact) mass is 345 g/mol.